The Morgan fingerprint density at radius 1 is 1.27 bits per heavy atom. The third kappa shape index (κ3) is 5.04. The number of aliphatic hydroxyl groups excluding tert-OH is 1. The molecule has 0 radical (unpaired) electrons. The lowest BCUT2D eigenvalue weighted by atomic mass is 9.77. The molecule has 0 aromatic rings. The van der Waals surface area contributed by atoms with Crippen molar-refractivity contribution in [2.24, 2.45) is 5.41 Å². The molecule has 0 atom stereocenters. The molecule has 1 aliphatic rings. The highest BCUT2D eigenvalue weighted by molar-refractivity contribution is 5.81. The van der Waals surface area contributed by atoms with Gasteiger partial charge in [-0.15, -0.1) is 0 Å². The van der Waals surface area contributed by atoms with E-state index in [1.165, 1.54) is 4.90 Å². The van der Waals surface area contributed by atoms with E-state index in [0.29, 0.717) is 0 Å². The van der Waals surface area contributed by atoms with Gasteiger partial charge in [-0.25, -0.2) is 4.79 Å². The minimum absolute atomic E-state index is 0.126. The van der Waals surface area contributed by atoms with Gasteiger partial charge in [0.2, 0.25) is 0 Å². The molecule has 2 N–H and O–H groups in total. The Hall–Kier alpha value is -1.51. The maximum absolute atomic E-state index is 12.2. The van der Waals surface area contributed by atoms with E-state index in [2.05, 4.69) is 0 Å². The molecule has 128 valence electrons. The van der Waals surface area contributed by atoms with Crippen LogP contribution in [0.4, 0.5) is 18.0 Å². The van der Waals surface area contributed by atoms with Crippen molar-refractivity contribution in [3.63, 3.8) is 0 Å². The topological polar surface area (TPSA) is 78.9 Å². The predicted molar refractivity (Wildman–Crippen MR) is 71.0 cm³/mol. The quantitative estimate of drug-likeness (QED) is 0.816. The number of aliphatic hydroxyl groups is 1. The lowest BCUT2D eigenvalue weighted by molar-refractivity contribution is -0.174. The molecule has 2 amide bonds. The smallest absolute Gasteiger partial charge is 0.444 e. The molecule has 6 nitrogen and oxygen atoms in total. The number of rotatable bonds is 4. The van der Waals surface area contributed by atoms with Gasteiger partial charge in [-0.1, -0.05) is 0 Å². The Morgan fingerprint density at radius 2 is 1.82 bits per heavy atom. The van der Waals surface area contributed by atoms with Crippen molar-refractivity contribution >= 4 is 12.0 Å². The van der Waals surface area contributed by atoms with Crippen molar-refractivity contribution in [3.05, 3.63) is 0 Å². The van der Waals surface area contributed by atoms with E-state index in [4.69, 9.17) is 9.84 Å². The zero-order valence-electron chi connectivity index (χ0n) is 12.8. The molecular weight excluding hydrogens is 305 g/mol. The van der Waals surface area contributed by atoms with Gasteiger partial charge in [0.1, 0.15) is 5.60 Å². The molecule has 0 saturated carbocycles. The standard InChI is InChI=1S/C13H21F3N2O4/c1-11(2,3)22-10(21)18-7-12(8-18,4-5-19)6-17-9(20)13(14,15)16/h19H,4-8H2,1-3H3,(H,17,20). The molecule has 9 heteroatoms. The second-order valence-electron chi connectivity index (χ2n) is 6.49. The van der Waals surface area contributed by atoms with Crippen molar-refractivity contribution in [2.45, 2.75) is 39.0 Å². The average molecular weight is 326 g/mol. The Labute approximate surface area is 126 Å². The molecular formula is C13H21F3N2O4. The van der Waals surface area contributed by atoms with Gasteiger partial charge in [-0.3, -0.25) is 4.79 Å². The van der Waals surface area contributed by atoms with Crippen LogP contribution in [0, 0.1) is 5.41 Å². The van der Waals surface area contributed by atoms with Crippen LogP contribution in [0.2, 0.25) is 0 Å². The fourth-order valence-electron chi connectivity index (χ4n) is 2.18. The van der Waals surface area contributed by atoms with E-state index >= 15 is 0 Å². The first-order valence-electron chi connectivity index (χ1n) is 6.82. The highest BCUT2D eigenvalue weighted by Gasteiger charge is 2.48. The second-order valence-corrected chi connectivity index (χ2v) is 6.49. The first-order valence-corrected chi connectivity index (χ1v) is 6.82. The van der Waals surface area contributed by atoms with Crippen LogP contribution in [0.1, 0.15) is 27.2 Å². The van der Waals surface area contributed by atoms with Crippen LogP contribution in [0.25, 0.3) is 0 Å². The number of alkyl halides is 3. The van der Waals surface area contributed by atoms with Gasteiger partial charge < -0.3 is 20.1 Å². The zero-order chi connectivity index (χ0) is 17.2. The maximum Gasteiger partial charge on any atom is 0.471 e. The summed E-state index contributed by atoms with van der Waals surface area (Å²) in [6.45, 7) is 4.86. The monoisotopic (exact) mass is 326 g/mol. The number of halogens is 3. The molecule has 0 unspecified atom stereocenters. The fraction of sp³-hybridized carbons (Fsp3) is 0.846. The molecule has 1 rings (SSSR count). The van der Waals surface area contributed by atoms with Crippen molar-refractivity contribution in [1.82, 2.24) is 10.2 Å². The number of nitrogens with one attached hydrogen (secondary N) is 1. The molecule has 1 saturated heterocycles. The molecule has 0 bridgehead atoms. The number of ether oxygens (including phenoxy) is 1. The van der Waals surface area contributed by atoms with Crippen molar-refractivity contribution in [2.75, 3.05) is 26.2 Å². The molecule has 0 aromatic carbocycles. The highest BCUT2D eigenvalue weighted by atomic mass is 19.4. The summed E-state index contributed by atoms with van der Waals surface area (Å²) < 4.78 is 41.7. The number of amides is 2. The average Bonchev–Trinajstić information content (AvgIpc) is 2.27. The van der Waals surface area contributed by atoms with Gasteiger partial charge in [0.05, 0.1) is 0 Å². The first-order chi connectivity index (χ1) is 9.88. The minimum Gasteiger partial charge on any atom is -0.444 e. The van der Waals surface area contributed by atoms with E-state index < -0.39 is 29.2 Å². The molecule has 22 heavy (non-hydrogen) atoms. The summed E-state index contributed by atoms with van der Waals surface area (Å²) in [4.78, 5) is 24.0. The lowest BCUT2D eigenvalue weighted by Crippen LogP contribution is -2.63. The number of hydrogen-bond acceptors (Lipinski definition) is 4. The summed E-state index contributed by atoms with van der Waals surface area (Å²) in [5.41, 5.74) is -1.43. The third-order valence-corrected chi connectivity index (χ3v) is 3.23. The van der Waals surface area contributed by atoms with Gasteiger partial charge in [0.15, 0.2) is 0 Å². The molecule has 1 aliphatic heterocycles. The van der Waals surface area contributed by atoms with Gasteiger partial charge in [0, 0.05) is 31.7 Å². The number of nitrogens with zero attached hydrogens (tertiary/aromatic N) is 1. The van der Waals surface area contributed by atoms with Crippen LogP contribution < -0.4 is 5.32 Å². The third-order valence-electron chi connectivity index (χ3n) is 3.23. The molecule has 0 aromatic heterocycles. The summed E-state index contributed by atoms with van der Waals surface area (Å²) >= 11 is 0. The summed E-state index contributed by atoms with van der Waals surface area (Å²) in [5, 5.41) is 10.8. The zero-order valence-corrected chi connectivity index (χ0v) is 12.8. The Kier molecular flexibility index (Phi) is 5.32. The van der Waals surface area contributed by atoms with Crippen LogP contribution >= 0.6 is 0 Å². The maximum atomic E-state index is 12.2. The van der Waals surface area contributed by atoms with E-state index in [1.807, 2.05) is 0 Å². The summed E-state index contributed by atoms with van der Waals surface area (Å²) in [5.74, 6) is -2.03. The fourth-order valence-corrected chi connectivity index (χ4v) is 2.18. The van der Waals surface area contributed by atoms with Crippen LogP contribution in [0.5, 0.6) is 0 Å². The van der Waals surface area contributed by atoms with Crippen molar-refractivity contribution in [3.8, 4) is 0 Å². The minimum atomic E-state index is -4.95. The lowest BCUT2D eigenvalue weighted by Gasteiger charge is -2.50. The van der Waals surface area contributed by atoms with Gasteiger partial charge in [-0.2, -0.15) is 13.2 Å². The van der Waals surface area contributed by atoms with E-state index in [1.54, 1.807) is 26.1 Å². The number of carbonyl (C=O) groups excluding carboxylic acids is 2. The molecule has 0 spiro atoms. The van der Waals surface area contributed by atoms with Crippen LogP contribution in [-0.2, 0) is 9.53 Å². The first kappa shape index (κ1) is 18.5. The molecule has 1 heterocycles. The van der Waals surface area contributed by atoms with E-state index in [9.17, 15) is 22.8 Å². The number of hydrogen-bond donors (Lipinski definition) is 2. The largest absolute Gasteiger partial charge is 0.471 e. The highest BCUT2D eigenvalue weighted by Crippen LogP contribution is 2.34. The van der Waals surface area contributed by atoms with E-state index in [0.717, 1.165) is 0 Å². The molecule has 1 fully saturated rings. The van der Waals surface area contributed by atoms with Crippen molar-refractivity contribution in [1.29, 1.82) is 0 Å². The Bertz CT molecular complexity index is 426. The summed E-state index contributed by atoms with van der Waals surface area (Å²) in [7, 11) is 0. The Balaban J connectivity index is 2.56. The molecule has 0 aliphatic carbocycles. The predicted octanol–water partition coefficient (Wildman–Crippen LogP) is 1.28. The van der Waals surface area contributed by atoms with Gasteiger partial charge >= 0.3 is 18.2 Å². The number of likely N-dealkylation sites (tertiary alicyclic amines) is 1. The van der Waals surface area contributed by atoms with Gasteiger partial charge in [-0.05, 0) is 27.2 Å². The van der Waals surface area contributed by atoms with Crippen LogP contribution in [0.15, 0.2) is 0 Å². The normalized spacial score (nSPS) is 17.7. The summed E-state index contributed by atoms with van der Waals surface area (Å²) in [6, 6.07) is 0. The van der Waals surface area contributed by atoms with E-state index in [-0.39, 0.29) is 32.7 Å². The SMILES string of the molecule is CC(C)(C)OC(=O)N1CC(CCO)(CNC(=O)C(F)(F)F)C1. The van der Waals surface area contributed by atoms with Crippen molar-refractivity contribution < 1.29 is 32.6 Å². The Morgan fingerprint density at radius 3 is 2.23 bits per heavy atom. The number of carbonyl (C=O) groups is 2. The van der Waals surface area contributed by atoms with Crippen LogP contribution in [0.3, 0.4) is 0 Å². The van der Waals surface area contributed by atoms with Crippen LogP contribution in [-0.4, -0.2) is 60.0 Å². The second kappa shape index (κ2) is 6.31. The van der Waals surface area contributed by atoms with Gasteiger partial charge in [0.25, 0.3) is 0 Å². The summed E-state index contributed by atoms with van der Waals surface area (Å²) in [6.07, 6.45) is -5.33.